The molecule has 0 spiro atoms. The number of thiazole rings is 1. The summed E-state index contributed by atoms with van der Waals surface area (Å²) in [5.74, 6) is 0.187. The first-order valence-electron chi connectivity index (χ1n) is 8.33. The van der Waals surface area contributed by atoms with Gasteiger partial charge in [0.05, 0.1) is 28.4 Å². The number of hydrogen-bond acceptors (Lipinski definition) is 5. The highest BCUT2D eigenvalue weighted by molar-refractivity contribution is 7.86. The lowest BCUT2D eigenvalue weighted by atomic mass is 10.0. The van der Waals surface area contributed by atoms with Gasteiger partial charge in [-0.3, -0.25) is 0 Å². The summed E-state index contributed by atoms with van der Waals surface area (Å²) >= 11 is 1.69. The maximum atomic E-state index is 12.9. The summed E-state index contributed by atoms with van der Waals surface area (Å²) in [6, 6.07) is 8.09. The van der Waals surface area contributed by atoms with Crippen molar-refractivity contribution in [2.45, 2.75) is 18.8 Å². The van der Waals surface area contributed by atoms with Crippen LogP contribution in [0.2, 0.25) is 0 Å². The molecule has 1 atom stereocenters. The Hall–Kier alpha value is -1.06. The van der Waals surface area contributed by atoms with E-state index in [2.05, 4.69) is 6.07 Å². The second kappa shape index (κ2) is 6.68. The molecule has 2 aliphatic heterocycles. The normalized spacial score (nSPS) is 24.4. The Kier molecular flexibility index (Phi) is 4.57. The molecule has 2 aromatic rings. The molecule has 8 heteroatoms. The fourth-order valence-corrected chi connectivity index (χ4v) is 6.12. The number of aromatic nitrogens is 1. The molecule has 0 unspecified atom stereocenters. The molecule has 0 radical (unpaired) electrons. The van der Waals surface area contributed by atoms with Crippen molar-refractivity contribution in [2.75, 3.05) is 39.4 Å². The van der Waals surface area contributed by atoms with Gasteiger partial charge in [-0.05, 0) is 25.0 Å². The first-order chi connectivity index (χ1) is 11.6. The van der Waals surface area contributed by atoms with Gasteiger partial charge in [-0.1, -0.05) is 12.1 Å². The van der Waals surface area contributed by atoms with Crippen molar-refractivity contribution in [3.05, 3.63) is 29.3 Å². The van der Waals surface area contributed by atoms with Gasteiger partial charge in [0.1, 0.15) is 0 Å². The van der Waals surface area contributed by atoms with Crippen LogP contribution < -0.4 is 0 Å². The topological polar surface area (TPSA) is 62.7 Å². The molecule has 6 nitrogen and oxygen atoms in total. The molecule has 3 heterocycles. The first-order valence-corrected chi connectivity index (χ1v) is 10.5. The van der Waals surface area contributed by atoms with E-state index >= 15 is 0 Å². The van der Waals surface area contributed by atoms with Crippen molar-refractivity contribution in [3.8, 4) is 0 Å². The monoisotopic (exact) mass is 367 g/mol. The maximum Gasteiger partial charge on any atom is 0.282 e. The lowest BCUT2D eigenvalue weighted by molar-refractivity contribution is 0.0695. The van der Waals surface area contributed by atoms with E-state index in [4.69, 9.17) is 9.72 Å². The number of para-hydroxylation sites is 1. The van der Waals surface area contributed by atoms with Crippen LogP contribution in [0.25, 0.3) is 10.2 Å². The molecular weight excluding hydrogens is 346 g/mol. The Bertz CT molecular complexity index is 782. The number of morpholine rings is 1. The minimum Gasteiger partial charge on any atom is -0.379 e. The van der Waals surface area contributed by atoms with Gasteiger partial charge in [0.15, 0.2) is 0 Å². The molecule has 0 aliphatic carbocycles. The van der Waals surface area contributed by atoms with Gasteiger partial charge in [0.2, 0.25) is 0 Å². The number of ether oxygens (including phenoxy) is 1. The SMILES string of the molecule is O=S(=O)(N1CCOCC1)N1CCC[C@H](c2nc3ccccc3s2)C1. The molecule has 0 N–H and O–H groups in total. The summed E-state index contributed by atoms with van der Waals surface area (Å²) < 4.78 is 35.4. The first kappa shape index (κ1) is 16.4. The van der Waals surface area contributed by atoms with E-state index in [1.54, 1.807) is 19.9 Å². The lowest BCUT2D eigenvalue weighted by Gasteiger charge is -2.36. The summed E-state index contributed by atoms with van der Waals surface area (Å²) in [5, 5.41) is 1.05. The van der Waals surface area contributed by atoms with E-state index in [9.17, 15) is 8.42 Å². The molecule has 0 bridgehead atoms. The van der Waals surface area contributed by atoms with Gasteiger partial charge < -0.3 is 4.74 Å². The third-order valence-electron chi connectivity index (χ3n) is 4.67. The van der Waals surface area contributed by atoms with Crippen molar-refractivity contribution < 1.29 is 13.2 Å². The highest BCUT2D eigenvalue weighted by Crippen LogP contribution is 2.34. The number of fused-ring (bicyclic) bond motifs is 1. The number of piperidine rings is 1. The fourth-order valence-electron chi connectivity index (χ4n) is 3.36. The van der Waals surface area contributed by atoms with E-state index in [-0.39, 0.29) is 5.92 Å². The lowest BCUT2D eigenvalue weighted by Crippen LogP contribution is -2.51. The summed E-state index contributed by atoms with van der Waals surface area (Å²) in [6.07, 6.45) is 1.87. The largest absolute Gasteiger partial charge is 0.379 e. The van der Waals surface area contributed by atoms with Crippen LogP contribution in [0.4, 0.5) is 0 Å². The van der Waals surface area contributed by atoms with Gasteiger partial charge >= 0.3 is 0 Å². The van der Waals surface area contributed by atoms with Crippen molar-refractivity contribution in [1.29, 1.82) is 0 Å². The molecule has 4 rings (SSSR count). The number of nitrogens with zero attached hydrogens (tertiary/aromatic N) is 3. The van der Waals surface area contributed by atoms with Crippen molar-refractivity contribution >= 4 is 31.8 Å². The van der Waals surface area contributed by atoms with Crippen LogP contribution in [-0.2, 0) is 14.9 Å². The van der Waals surface area contributed by atoms with E-state index in [1.807, 2.05) is 18.2 Å². The molecule has 1 aromatic heterocycles. The van der Waals surface area contributed by atoms with E-state index < -0.39 is 10.2 Å². The minimum absolute atomic E-state index is 0.187. The van der Waals surface area contributed by atoms with Gasteiger partial charge in [0, 0.05) is 32.1 Å². The van der Waals surface area contributed by atoms with Crippen molar-refractivity contribution in [3.63, 3.8) is 0 Å². The average Bonchev–Trinajstić information content (AvgIpc) is 3.07. The highest BCUT2D eigenvalue weighted by atomic mass is 32.2. The Balaban J connectivity index is 1.54. The zero-order valence-electron chi connectivity index (χ0n) is 13.4. The van der Waals surface area contributed by atoms with Crippen LogP contribution in [-0.4, -0.2) is 61.4 Å². The zero-order chi connectivity index (χ0) is 16.6. The van der Waals surface area contributed by atoms with Crippen molar-refractivity contribution in [1.82, 2.24) is 13.6 Å². The Morgan fingerprint density at radius 1 is 1.12 bits per heavy atom. The molecule has 24 heavy (non-hydrogen) atoms. The molecule has 0 saturated carbocycles. The molecule has 2 saturated heterocycles. The third kappa shape index (κ3) is 3.09. The summed E-state index contributed by atoms with van der Waals surface area (Å²) in [6.45, 7) is 2.98. The molecule has 130 valence electrons. The molecular formula is C16H21N3O3S2. The van der Waals surface area contributed by atoms with Crippen LogP contribution >= 0.6 is 11.3 Å². The van der Waals surface area contributed by atoms with E-state index in [0.717, 1.165) is 23.4 Å². The number of hydrogen-bond donors (Lipinski definition) is 0. The van der Waals surface area contributed by atoms with Gasteiger partial charge in [-0.2, -0.15) is 17.0 Å². The van der Waals surface area contributed by atoms with Crippen LogP contribution in [0.15, 0.2) is 24.3 Å². The number of rotatable bonds is 3. The third-order valence-corrected chi connectivity index (χ3v) is 7.87. The fraction of sp³-hybridized carbons (Fsp3) is 0.562. The standard InChI is InChI=1S/C16H21N3O3S2/c20-24(21,18-8-10-22-11-9-18)19-7-3-4-13(12-19)16-17-14-5-1-2-6-15(14)23-16/h1-2,5-6,13H,3-4,7-12H2/t13-/m0/s1. The molecule has 1 aromatic carbocycles. The smallest absolute Gasteiger partial charge is 0.282 e. The Morgan fingerprint density at radius 3 is 2.71 bits per heavy atom. The zero-order valence-corrected chi connectivity index (χ0v) is 15.1. The highest BCUT2D eigenvalue weighted by Gasteiger charge is 2.35. The van der Waals surface area contributed by atoms with Gasteiger partial charge in [0.25, 0.3) is 10.2 Å². The minimum atomic E-state index is -3.39. The molecule has 0 amide bonds. The molecule has 2 aliphatic rings. The second-order valence-electron chi connectivity index (χ2n) is 6.24. The van der Waals surface area contributed by atoms with Crippen LogP contribution in [0, 0.1) is 0 Å². The second-order valence-corrected chi connectivity index (χ2v) is 9.23. The maximum absolute atomic E-state index is 12.9. The Labute approximate surface area is 146 Å². The molecule has 2 fully saturated rings. The van der Waals surface area contributed by atoms with Gasteiger partial charge in [-0.15, -0.1) is 11.3 Å². The van der Waals surface area contributed by atoms with Crippen LogP contribution in [0.5, 0.6) is 0 Å². The van der Waals surface area contributed by atoms with E-state index in [1.165, 1.54) is 4.70 Å². The summed E-state index contributed by atoms with van der Waals surface area (Å²) in [5.41, 5.74) is 1.01. The summed E-state index contributed by atoms with van der Waals surface area (Å²) in [4.78, 5) is 4.73. The van der Waals surface area contributed by atoms with Gasteiger partial charge in [-0.25, -0.2) is 4.98 Å². The predicted octanol–water partition coefficient (Wildman–Crippen LogP) is 2.05. The average molecular weight is 367 g/mol. The van der Waals surface area contributed by atoms with Crippen LogP contribution in [0.1, 0.15) is 23.8 Å². The van der Waals surface area contributed by atoms with Crippen molar-refractivity contribution in [2.24, 2.45) is 0 Å². The van der Waals surface area contributed by atoms with E-state index in [0.29, 0.717) is 39.4 Å². The van der Waals surface area contributed by atoms with Crippen LogP contribution in [0.3, 0.4) is 0 Å². The quantitative estimate of drug-likeness (QED) is 0.833. The Morgan fingerprint density at radius 2 is 1.92 bits per heavy atom. The number of benzene rings is 1. The predicted molar refractivity (Wildman–Crippen MR) is 94.5 cm³/mol. The summed E-state index contributed by atoms with van der Waals surface area (Å²) in [7, 11) is -3.39.